The van der Waals surface area contributed by atoms with Crippen LogP contribution in [0.15, 0.2) is 81.4 Å². The molecule has 3 aliphatic carbocycles. The summed E-state index contributed by atoms with van der Waals surface area (Å²) in [5, 5.41) is 11.2. The van der Waals surface area contributed by atoms with Gasteiger partial charge in [-0.05, 0) is 74.2 Å². The first-order valence-corrected chi connectivity index (χ1v) is 13.2. The molecule has 0 bridgehead atoms. The van der Waals surface area contributed by atoms with Gasteiger partial charge in [-0.15, -0.1) is 0 Å². The molecule has 186 valence electrons. The molecule has 1 fully saturated rings. The van der Waals surface area contributed by atoms with Crippen LogP contribution >= 0.6 is 27.5 Å². The van der Waals surface area contributed by atoms with E-state index in [2.05, 4.69) is 15.9 Å². The minimum Gasteiger partial charge on any atom is -0.508 e. The maximum absolute atomic E-state index is 13.8. The van der Waals surface area contributed by atoms with Crippen molar-refractivity contribution in [3.05, 3.63) is 92.0 Å². The number of rotatable bonds is 2. The zero-order valence-corrected chi connectivity index (χ0v) is 22.0. The van der Waals surface area contributed by atoms with Crippen molar-refractivity contribution in [2.24, 2.45) is 17.8 Å². The number of halogens is 2. The number of carbonyl (C=O) groups is 4. The van der Waals surface area contributed by atoms with E-state index >= 15 is 0 Å². The number of allylic oxidation sites excluding steroid dienone is 6. The lowest BCUT2D eigenvalue weighted by molar-refractivity contribution is -0.123. The summed E-state index contributed by atoms with van der Waals surface area (Å²) in [5.41, 5.74) is 2.67. The van der Waals surface area contributed by atoms with Gasteiger partial charge in [-0.1, -0.05) is 39.2 Å². The fourth-order valence-corrected chi connectivity index (χ4v) is 6.78. The fraction of sp³-hybridized carbons (Fsp3) is 0.241. The number of nitrogens with zero attached hydrogens (tertiary/aromatic N) is 1. The van der Waals surface area contributed by atoms with E-state index in [0.717, 1.165) is 10.0 Å². The molecule has 1 saturated heterocycles. The molecule has 0 unspecified atom stereocenters. The van der Waals surface area contributed by atoms with Gasteiger partial charge >= 0.3 is 0 Å². The second-order valence-corrected chi connectivity index (χ2v) is 11.3. The third-order valence-electron chi connectivity index (χ3n) is 7.95. The molecule has 6 nitrogen and oxygen atoms in total. The van der Waals surface area contributed by atoms with Gasteiger partial charge in [0, 0.05) is 37.7 Å². The van der Waals surface area contributed by atoms with Gasteiger partial charge < -0.3 is 5.11 Å². The molecule has 37 heavy (non-hydrogen) atoms. The predicted molar refractivity (Wildman–Crippen MR) is 141 cm³/mol. The van der Waals surface area contributed by atoms with E-state index in [9.17, 15) is 24.3 Å². The molecular formula is C29H21BrClNO5. The molecule has 0 spiro atoms. The molecular weight excluding hydrogens is 558 g/mol. The van der Waals surface area contributed by atoms with Crippen molar-refractivity contribution < 1.29 is 24.3 Å². The first kappa shape index (κ1) is 24.1. The lowest BCUT2D eigenvalue weighted by atomic mass is 9.59. The van der Waals surface area contributed by atoms with Gasteiger partial charge in [0.05, 0.1) is 17.5 Å². The molecule has 4 aliphatic rings. The van der Waals surface area contributed by atoms with E-state index < -0.39 is 23.7 Å². The Morgan fingerprint density at radius 3 is 2.46 bits per heavy atom. The Labute approximate surface area is 226 Å². The summed E-state index contributed by atoms with van der Waals surface area (Å²) in [5.74, 6) is -3.62. The molecule has 2 aromatic rings. The highest BCUT2D eigenvalue weighted by Gasteiger charge is 2.56. The largest absolute Gasteiger partial charge is 0.508 e. The van der Waals surface area contributed by atoms with Crippen molar-refractivity contribution in [1.82, 2.24) is 0 Å². The zero-order chi connectivity index (χ0) is 26.2. The van der Waals surface area contributed by atoms with E-state index in [4.69, 9.17) is 11.6 Å². The van der Waals surface area contributed by atoms with Crippen molar-refractivity contribution in [1.29, 1.82) is 0 Å². The average Bonchev–Trinajstić information content (AvgIpc) is 3.13. The van der Waals surface area contributed by atoms with E-state index in [1.807, 2.05) is 6.08 Å². The molecule has 6 rings (SSSR count). The monoisotopic (exact) mass is 577 g/mol. The minimum absolute atomic E-state index is 0.0539. The second kappa shape index (κ2) is 8.64. The summed E-state index contributed by atoms with van der Waals surface area (Å²) < 4.78 is 0.830. The highest BCUT2D eigenvalue weighted by molar-refractivity contribution is 9.10. The smallest absolute Gasteiger partial charge is 0.238 e. The number of benzene rings is 2. The van der Waals surface area contributed by atoms with Crippen LogP contribution < -0.4 is 4.90 Å². The molecule has 1 N–H and O–H groups in total. The van der Waals surface area contributed by atoms with Crippen LogP contribution in [0.1, 0.15) is 31.2 Å². The van der Waals surface area contributed by atoms with Gasteiger partial charge in [0.25, 0.3) is 0 Å². The first-order chi connectivity index (χ1) is 17.7. The number of anilines is 1. The maximum atomic E-state index is 13.8. The molecule has 1 heterocycles. The lowest BCUT2D eigenvalue weighted by Gasteiger charge is -2.42. The van der Waals surface area contributed by atoms with Gasteiger partial charge in [0.2, 0.25) is 11.8 Å². The number of phenolic OH excluding ortho intramolecular Hbond substituents is 1. The van der Waals surface area contributed by atoms with E-state index in [-0.39, 0.29) is 35.6 Å². The van der Waals surface area contributed by atoms with Crippen LogP contribution in [-0.4, -0.2) is 28.5 Å². The van der Waals surface area contributed by atoms with Crippen LogP contribution in [0.25, 0.3) is 0 Å². The molecule has 0 radical (unpaired) electrons. The number of carbonyl (C=O) groups excluding carboxylic acids is 4. The molecule has 0 saturated carbocycles. The first-order valence-electron chi connectivity index (χ1n) is 12.0. The van der Waals surface area contributed by atoms with Crippen LogP contribution in [0.3, 0.4) is 0 Å². The minimum atomic E-state index is -0.737. The van der Waals surface area contributed by atoms with Gasteiger partial charge in [0.15, 0.2) is 11.6 Å². The number of Topliss-reactive ketones (excluding diaryl/α,β-unsaturated/α-hetero) is 1. The Hall–Kier alpha value is -3.29. The van der Waals surface area contributed by atoms with Crippen molar-refractivity contribution in [3.63, 3.8) is 0 Å². The zero-order valence-electron chi connectivity index (χ0n) is 19.7. The predicted octanol–water partition coefficient (Wildman–Crippen LogP) is 5.44. The molecule has 0 aromatic heterocycles. The topological polar surface area (TPSA) is 91.8 Å². The third kappa shape index (κ3) is 3.59. The number of fused-ring (bicyclic) bond motifs is 3. The Bertz CT molecular complexity index is 1520. The number of ketones is 2. The molecule has 1 aliphatic heterocycles. The fourth-order valence-electron chi connectivity index (χ4n) is 6.34. The van der Waals surface area contributed by atoms with Crippen molar-refractivity contribution in [3.8, 4) is 5.75 Å². The van der Waals surface area contributed by atoms with E-state index in [0.29, 0.717) is 39.4 Å². The Balaban J connectivity index is 1.50. The van der Waals surface area contributed by atoms with E-state index in [1.54, 1.807) is 43.3 Å². The van der Waals surface area contributed by atoms with Crippen LogP contribution in [0.4, 0.5) is 5.69 Å². The Morgan fingerprint density at radius 2 is 1.73 bits per heavy atom. The standard InChI is InChI=1S/C29H21BrClNO5/c1-13-10-23(34)26-21(27(13)35)12-19-17(24(26)20-11-15(31)4-9-22(20)33)7-8-18-25(19)29(37)32(28(18)36)16-5-2-14(30)3-6-16/h2-7,9-11,18-19,24-25,33H,8,12H2,1H3/t18-,19+,24+,25-/m0/s1. The van der Waals surface area contributed by atoms with Crippen LogP contribution in [0, 0.1) is 17.8 Å². The second-order valence-electron chi connectivity index (χ2n) is 9.92. The SMILES string of the molecule is CC1=CC(=O)C2=C(C[C@@H]3C(=CC[C@@H]4C(=O)N(c5ccc(Br)cc5)C(=O)[C@@H]43)[C@@H]2c2cc(Cl)ccc2O)C1=O. The van der Waals surface area contributed by atoms with Crippen molar-refractivity contribution in [2.45, 2.75) is 25.7 Å². The number of phenols is 1. The molecule has 2 amide bonds. The average molecular weight is 579 g/mol. The number of imide groups is 1. The van der Waals surface area contributed by atoms with E-state index in [1.165, 1.54) is 17.0 Å². The Kier molecular flexibility index (Phi) is 5.62. The summed E-state index contributed by atoms with van der Waals surface area (Å²) in [4.78, 5) is 55.2. The quantitative estimate of drug-likeness (QED) is 0.291. The molecule has 2 aromatic carbocycles. The number of aromatic hydroxyl groups is 1. The van der Waals surface area contributed by atoms with Crippen LogP contribution in [0.5, 0.6) is 5.75 Å². The summed E-state index contributed by atoms with van der Waals surface area (Å²) in [6, 6.07) is 11.6. The van der Waals surface area contributed by atoms with Crippen LogP contribution in [-0.2, 0) is 19.2 Å². The van der Waals surface area contributed by atoms with Gasteiger partial charge in [-0.3, -0.25) is 24.1 Å². The Morgan fingerprint density at radius 1 is 1.00 bits per heavy atom. The van der Waals surface area contributed by atoms with Gasteiger partial charge in [-0.2, -0.15) is 0 Å². The van der Waals surface area contributed by atoms with Crippen LogP contribution in [0.2, 0.25) is 5.02 Å². The van der Waals surface area contributed by atoms with Crippen molar-refractivity contribution >= 4 is 56.6 Å². The highest BCUT2D eigenvalue weighted by atomic mass is 79.9. The molecule has 8 heteroatoms. The number of hydrogen-bond acceptors (Lipinski definition) is 5. The van der Waals surface area contributed by atoms with Gasteiger partial charge in [0.1, 0.15) is 5.75 Å². The summed E-state index contributed by atoms with van der Waals surface area (Å²) in [6.45, 7) is 1.60. The number of amides is 2. The summed E-state index contributed by atoms with van der Waals surface area (Å²) in [7, 11) is 0. The number of hydrogen-bond donors (Lipinski definition) is 1. The summed E-state index contributed by atoms with van der Waals surface area (Å²) in [6.07, 6.45) is 3.76. The maximum Gasteiger partial charge on any atom is 0.238 e. The van der Waals surface area contributed by atoms with Crippen molar-refractivity contribution in [2.75, 3.05) is 4.90 Å². The highest BCUT2D eigenvalue weighted by Crippen LogP contribution is 2.56. The van der Waals surface area contributed by atoms with Gasteiger partial charge in [-0.25, -0.2) is 0 Å². The summed E-state index contributed by atoms with van der Waals surface area (Å²) >= 11 is 9.67. The third-order valence-corrected chi connectivity index (χ3v) is 8.71. The normalized spacial score (nSPS) is 27.1. The molecule has 4 atom stereocenters. The lowest BCUT2D eigenvalue weighted by Crippen LogP contribution is -2.39.